The summed E-state index contributed by atoms with van der Waals surface area (Å²) in [6.45, 7) is 3.90. The van der Waals surface area contributed by atoms with E-state index in [-0.39, 0.29) is 5.60 Å². The van der Waals surface area contributed by atoms with Gasteiger partial charge in [-0.1, -0.05) is 0 Å². The average Bonchev–Trinajstić information content (AvgIpc) is 2.49. The van der Waals surface area contributed by atoms with Crippen LogP contribution >= 0.6 is 11.8 Å². The van der Waals surface area contributed by atoms with Gasteiger partial charge < -0.3 is 19.7 Å². The lowest BCUT2D eigenvalue weighted by Crippen LogP contribution is -2.56. The molecular formula is C16H30N2O2S. The molecule has 1 N–H and O–H groups in total. The minimum absolute atomic E-state index is 0.170. The largest absolute Gasteiger partial charge is 0.375 e. The molecule has 0 aromatic heterocycles. The van der Waals surface area contributed by atoms with Gasteiger partial charge in [0.15, 0.2) is 0 Å². The molecule has 5 heteroatoms. The average molecular weight is 314 g/mol. The minimum Gasteiger partial charge on any atom is -0.375 e. The number of rotatable bonds is 3. The molecule has 0 aromatic rings. The molecule has 3 heterocycles. The Balaban J connectivity index is 1.65. The smallest absolute Gasteiger partial charge is 0.0857 e. The van der Waals surface area contributed by atoms with Gasteiger partial charge in [-0.3, -0.25) is 0 Å². The summed E-state index contributed by atoms with van der Waals surface area (Å²) in [6.07, 6.45) is 5.17. The van der Waals surface area contributed by atoms with Crippen molar-refractivity contribution in [2.45, 2.75) is 43.4 Å². The van der Waals surface area contributed by atoms with Crippen molar-refractivity contribution in [2.75, 3.05) is 51.9 Å². The van der Waals surface area contributed by atoms with Crippen molar-refractivity contribution >= 4 is 11.8 Å². The first-order valence-electron chi connectivity index (χ1n) is 8.41. The maximum absolute atomic E-state index is 6.25. The predicted molar refractivity (Wildman–Crippen MR) is 88.1 cm³/mol. The Hall–Kier alpha value is 0.190. The van der Waals surface area contributed by atoms with Gasteiger partial charge in [-0.25, -0.2) is 0 Å². The van der Waals surface area contributed by atoms with Crippen molar-refractivity contribution in [1.82, 2.24) is 10.2 Å². The Morgan fingerprint density at radius 1 is 1.29 bits per heavy atom. The molecule has 3 aliphatic heterocycles. The van der Waals surface area contributed by atoms with Crippen molar-refractivity contribution in [3.63, 3.8) is 0 Å². The molecule has 3 aliphatic rings. The van der Waals surface area contributed by atoms with E-state index in [1.807, 2.05) is 0 Å². The second kappa shape index (κ2) is 7.18. The highest BCUT2D eigenvalue weighted by atomic mass is 32.2. The summed E-state index contributed by atoms with van der Waals surface area (Å²) in [5.74, 6) is 3.21. The second-order valence-electron chi connectivity index (χ2n) is 6.88. The van der Waals surface area contributed by atoms with E-state index in [0.29, 0.717) is 18.1 Å². The summed E-state index contributed by atoms with van der Waals surface area (Å²) in [4.78, 5) is 2.39. The third-order valence-corrected chi connectivity index (χ3v) is 6.46. The summed E-state index contributed by atoms with van der Waals surface area (Å²) < 4.78 is 12.3. The first-order valence-corrected chi connectivity index (χ1v) is 9.57. The Morgan fingerprint density at radius 3 is 2.81 bits per heavy atom. The van der Waals surface area contributed by atoms with Crippen LogP contribution in [0.4, 0.5) is 0 Å². The van der Waals surface area contributed by atoms with Crippen molar-refractivity contribution < 1.29 is 9.47 Å². The normalized spacial score (nSPS) is 35.7. The fourth-order valence-electron chi connectivity index (χ4n) is 4.22. The van der Waals surface area contributed by atoms with Crippen LogP contribution in [0.25, 0.3) is 0 Å². The number of nitrogens with zero attached hydrogens (tertiary/aromatic N) is 1. The van der Waals surface area contributed by atoms with Gasteiger partial charge >= 0.3 is 0 Å². The first kappa shape index (κ1) is 16.1. The molecule has 3 unspecified atom stereocenters. The molecule has 0 radical (unpaired) electrons. The lowest BCUT2D eigenvalue weighted by atomic mass is 9.77. The molecule has 1 spiro atoms. The maximum Gasteiger partial charge on any atom is 0.0857 e. The Labute approximate surface area is 133 Å². The molecule has 4 nitrogen and oxygen atoms in total. The summed E-state index contributed by atoms with van der Waals surface area (Å²) in [5, 5.41) is 3.57. The first-order chi connectivity index (χ1) is 10.2. The van der Waals surface area contributed by atoms with Crippen molar-refractivity contribution in [2.24, 2.45) is 5.92 Å². The highest BCUT2D eigenvalue weighted by Crippen LogP contribution is 2.41. The van der Waals surface area contributed by atoms with Gasteiger partial charge in [0.2, 0.25) is 0 Å². The Bertz CT molecular complexity index is 331. The molecule has 0 aliphatic carbocycles. The maximum atomic E-state index is 6.25. The van der Waals surface area contributed by atoms with Gasteiger partial charge in [0.25, 0.3) is 0 Å². The van der Waals surface area contributed by atoms with E-state index in [2.05, 4.69) is 36.1 Å². The molecule has 3 saturated heterocycles. The molecule has 3 fully saturated rings. The molecule has 0 saturated carbocycles. The van der Waals surface area contributed by atoms with Gasteiger partial charge in [0.05, 0.1) is 18.3 Å². The van der Waals surface area contributed by atoms with E-state index < -0.39 is 0 Å². The van der Waals surface area contributed by atoms with Crippen LogP contribution in [0.15, 0.2) is 0 Å². The fraction of sp³-hybridized carbons (Fsp3) is 1.00. The Morgan fingerprint density at radius 2 is 2.10 bits per heavy atom. The molecule has 0 bridgehead atoms. The predicted octanol–water partition coefficient (Wildman–Crippen LogP) is 1.60. The van der Waals surface area contributed by atoms with Gasteiger partial charge in [0.1, 0.15) is 0 Å². The quantitative estimate of drug-likeness (QED) is 0.856. The lowest BCUT2D eigenvalue weighted by Gasteiger charge is -2.47. The van der Waals surface area contributed by atoms with Crippen molar-refractivity contribution in [1.29, 1.82) is 0 Å². The highest BCUT2D eigenvalue weighted by molar-refractivity contribution is 7.99. The highest BCUT2D eigenvalue weighted by Gasteiger charge is 2.43. The van der Waals surface area contributed by atoms with Crippen molar-refractivity contribution in [3.8, 4) is 0 Å². The van der Waals surface area contributed by atoms with E-state index in [0.717, 1.165) is 26.3 Å². The van der Waals surface area contributed by atoms with Crippen LogP contribution < -0.4 is 5.32 Å². The van der Waals surface area contributed by atoms with Crippen LogP contribution in [0.3, 0.4) is 0 Å². The molecular weight excluding hydrogens is 284 g/mol. The molecule has 0 amide bonds. The van der Waals surface area contributed by atoms with E-state index in [1.165, 1.54) is 37.2 Å². The minimum atomic E-state index is 0.170. The zero-order chi connectivity index (χ0) is 14.7. The van der Waals surface area contributed by atoms with Crippen molar-refractivity contribution in [3.05, 3.63) is 0 Å². The zero-order valence-corrected chi connectivity index (χ0v) is 14.3. The van der Waals surface area contributed by atoms with Crippen LogP contribution in [-0.2, 0) is 9.47 Å². The third-order valence-electron chi connectivity index (χ3n) is 5.47. The van der Waals surface area contributed by atoms with E-state index in [4.69, 9.17) is 9.47 Å². The van der Waals surface area contributed by atoms with Gasteiger partial charge in [-0.15, -0.1) is 0 Å². The number of hydrogen-bond acceptors (Lipinski definition) is 5. The van der Waals surface area contributed by atoms with E-state index >= 15 is 0 Å². The monoisotopic (exact) mass is 314 g/mol. The van der Waals surface area contributed by atoms with Gasteiger partial charge in [-0.05, 0) is 57.2 Å². The van der Waals surface area contributed by atoms with Crippen LogP contribution in [0.1, 0.15) is 25.7 Å². The number of ether oxygens (including phenoxy) is 2. The van der Waals surface area contributed by atoms with E-state index in [1.54, 1.807) is 0 Å². The lowest BCUT2D eigenvalue weighted by molar-refractivity contribution is -0.122. The van der Waals surface area contributed by atoms with Gasteiger partial charge in [0, 0.05) is 25.7 Å². The number of thioether (sulfide) groups is 1. The van der Waals surface area contributed by atoms with Crippen LogP contribution in [-0.4, -0.2) is 74.6 Å². The van der Waals surface area contributed by atoms with Gasteiger partial charge in [-0.2, -0.15) is 11.8 Å². The number of morpholine rings is 1. The molecule has 3 rings (SSSR count). The summed E-state index contributed by atoms with van der Waals surface area (Å²) in [7, 11) is 4.30. The second-order valence-corrected chi connectivity index (χ2v) is 8.11. The molecule has 122 valence electrons. The molecule has 0 aromatic carbocycles. The summed E-state index contributed by atoms with van der Waals surface area (Å²) in [6, 6.07) is 0.461. The topological polar surface area (TPSA) is 33.7 Å². The van der Waals surface area contributed by atoms with Crippen LogP contribution in [0.2, 0.25) is 0 Å². The van der Waals surface area contributed by atoms with E-state index in [9.17, 15) is 0 Å². The number of hydrogen-bond donors (Lipinski definition) is 1. The number of likely N-dealkylation sites (N-methyl/N-ethyl adjacent to an activating group) is 2. The SMILES string of the molecule is CNC(C1CCOC2(CCSCC2)C1)C1CN(C)CCO1. The standard InChI is InChI=1S/C16H30N2O2S/c1-17-15(14-12-18(2)6-8-19-14)13-3-7-20-16(11-13)4-9-21-10-5-16/h13-15,17H,3-12H2,1-2H3. The summed E-state index contributed by atoms with van der Waals surface area (Å²) in [5.41, 5.74) is 0.170. The van der Waals surface area contributed by atoms with Crippen LogP contribution in [0.5, 0.6) is 0 Å². The summed E-state index contributed by atoms with van der Waals surface area (Å²) >= 11 is 2.08. The zero-order valence-electron chi connectivity index (χ0n) is 13.5. The molecule has 3 atom stereocenters. The van der Waals surface area contributed by atoms with Crippen LogP contribution in [0, 0.1) is 5.92 Å². The Kier molecular flexibility index (Phi) is 5.49. The fourth-order valence-corrected chi connectivity index (χ4v) is 5.45. The third kappa shape index (κ3) is 3.75. The molecule has 21 heavy (non-hydrogen) atoms. The number of nitrogens with one attached hydrogen (secondary N) is 1.